The van der Waals surface area contributed by atoms with E-state index in [0.717, 1.165) is 23.4 Å². The predicted octanol–water partition coefficient (Wildman–Crippen LogP) is 2.03. The molecule has 5 heteroatoms. The highest BCUT2D eigenvalue weighted by Gasteiger charge is 2.23. The average Bonchev–Trinajstić information content (AvgIpc) is 2.70. The van der Waals surface area contributed by atoms with Gasteiger partial charge in [-0.2, -0.15) is 0 Å². The largest absolute Gasteiger partial charge is 0.360 e. The van der Waals surface area contributed by atoms with Crippen LogP contribution in [0.15, 0.2) is 18.2 Å². The van der Waals surface area contributed by atoms with Crippen molar-refractivity contribution in [3.05, 3.63) is 29.3 Å². The van der Waals surface area contributed by atoms with Crippen LogP contribution >= 0.6 is 12.2 Å². The van der Waals surface area contributed by atoms with Crippen LogP contribution in [0.4, 0.5) is 10.5 Å². The number of anilines is 1. The van der Waals surface area contributed by atoms with Crippen molar-refractivity contribution < 1.29 is 4.79 Å². The Labute approximate surface area is 106 Å². The zero-order valence-electron chi connectivity index (χ0n) is 9.91. The topological polar surface area (TPSA) is 44.4 Å². The molecular weight excluding hydrogens is 234 g/mol. The minimum absolute atomic E-state index is 0.169. The van der Waals surface area contributed by atoms with Crippen molar-refractivity contribution in [3.63, 3.8) is 0 Å². The Morgan fingerprint density at radius 3 is 2.59 bits per heavy atom. The number of hydrogen-bond acceptors (Lipinski definition) is 2. The number of rotatable bonds is 1. The molecule has 0 aliphatic carbocycles. The Morgan fingerprint density at radius 1 is 1.41 bits per heavy atom. The van der Waals surface area contributed by atoms with Crippen molar-refractivity contribution in [3.8, 4) is 0 Å². The maximum atomic E-state index is 12.0. The lowest BCUT2D eigenvalue weighted by Gasteiger charge is -2.17. The molecule has 0 spiro atoms. The molecule has 1 fully saturated rings. The van der Waals surface area contributed by atoms with Gasteiger partial charge in [0, 0.05) is 18.8 Å². The summed E-state index contributed by atoms with van der Waals surface area (Å²) in [4.78, 5) is 13.6. The van der Waals surface area contributed by atoms with Crippen molar-refractivity contribution in [2.75, 3.05) is 18.4 Å². The molecule has 2 N–H and O–H groups in total. The molecule has 1 saturated heterocycles. The lowest BCUT2D eigenvalue weighted by Crippen LogP contribution is -2.37. The van der Waals surface area contributed by atoms with E-state index in [0.29, 0.717) is 11.7 Å². The summed E-state index contributed by atoms with van der Waals surface area (Å²) in [5.41, 5.74) is 2.97. The van der Waals surface area contributed by atoms with Gasteiger partial charge in [0.15, 0.2) is 5.11 Å². The van der Waals surface area contributed by atoms with E-state index in [-0.39, 0.29) is 6.03 Å². The molecule has 0 atom stereocenters. The Hall–Kier alpha value is -1.62. The smallest absolute Gasteiger partial charge is 0.328 e. The molecule has 1 aromatic carbocycles. The Bertz CT molecular complexity index is 453. The Kier molecular flexibility index (Phi) is 3.28. The highest BCUT2D eigenvalue weighted by atomic mass is 32.1. The van der Waals surface area contributed by atoms with Crippen molar-refractivity contribution in [2.24, 2.45) is 0 Å². The zero-order valence-corrected chi connectivity index (χ0v) is 10.7. The summed E-state index contributed by atoms with van der Waals surface area (Å²) in [5, 5.41) is 6.37. The lowest BCUT2D eigenvalue weighted by atomic mass is 10.1. The molecule has 0 radical (unpaired) electrons. The van der Waals surface area contributed by atoms with Crippen LogP contribution in [-0.4, -0.2) is 29.1 Å². The molecule has 0 aromatic heterocycles. The number of amides is 2. The van der Waals surface area contributed by atoms with Crippen molar-refractivity contribution in [1.82, 2.24) is 10.2 Å². The summed E-state index contributed by atoms with van der Waals surface area (Å²) >= 11 is 5.05. The maximum absolute atomic E-state index is 12.0. The summed E-state index contributed by atoms with van der Waals surface area (Å²) < 4.78 is 0. The first-order chi connectivity index (χ1) is 8.09. The van der Waals surface area contributed by atoms with Gasteiger partial charge < -0.3 is 10.6 Å². The molecule has 1 aromatic rings. The van der Waals surface area contributed by atoms with Gasteiger partial charge in [0.05, 0.1) is 0 Å². The lowest BCUT2D eigenvalue weighted by molar-refractivity contribution is 0.237. The van der Waals surface area contributed by atoms with E-state index in [2.05, 4.69) is 10.6 Å². The minimum Gasteiger partial charge on any atom is -0.360 e. The number of thiocarbonyl (C=S) groups is 1. The third-order valence-electron chi connectivity index (χ3n) is 2.81. The number of nitrogens with zero attached hydrogens (tertiary/aromatic N) is 1. The fraction of sp³-hybridized carbons (Fsp3) is 0.333. The SMILES string of the molecule is Cc1cccc(C)c1NC(=O)N1CCNC1=S. The molecule has 17 heavy (non-hydrogen) atoms. The third kappa shape index (κ3) is 2.39. The van der Waals surface area contributed by atoms with E-state index in [4.69, 9.17) is 12.2 Å². The first-order valence-electron chi connectivity index (χ1n) is 5.52. The van der Waals surface area contributed by atoms with Crippen molar-refractivity contribution >= 4 is 29.0 Å². The molecule has 90 valence electrons. The molecular formula is C12H15N3OS. The monoisotopic (exact) mass is 249 g/mol. The van der Waals surface area contributed by atoms with Gasteiger partial charge in [0.2, 0.25) is 0 Å². The predicted molar refractivity (Wildman–Crippen MR) is 72.2 cm³/mol. The summed E-state index contributed by atoms with van der Waals surface area (Å²) in [6, 6.07) is 5.76. The highest BCUT2D eigenvalue weighted by molar-refractivity contribution is 7.80. The van der Waals surface area contributed by atoms with E-state index in [1.54, 1.807) is 4.90 Å². The first kappa shape index (κ1) is 11.9. The van der Waals surface area contributed by atoms with Gasteiger partial charge in [-0.25, -0.2) is 4.79 Å². The highest BCUT2D eigenvalue weighted by Crippen LogP contribution is 2.20. The van der Waals surface area contributed by atoms with Crippen LogP contribution in [0.1, 0.15) is 11.1 Å². The van der Waals surface area contributed by atoms with E-state index in [1.807, 2.05) is 32.0 Å². The van der Waals surface area contributed by atoms with Crippen LogP contribution in [0.3, 0.4) is 0 Å². The molecule has 1 aliphatic heterocycles. The fourth-order valence-electron chi connectivity index (χ4n) is 1.85. The zero-order chi connectivity index (χ0) is 12.4. The third-order valence-corrected chi connectivity index (χ3v) is 3.18. The van der Waals surface area contributed by atoms with E-state index < -0.39 is 0 Å². The number of hydrogen-bond donors (Lipinski definition) is 2. The second kappa shape index (κ2) is 4.71. The fourth-order valence-corrected chi connectivity index (χ4v) is 2.13. The average molecular weight is 249 g/mol. The molecule has 4 nitrogen and oxygen atoms in total. The number of carbonyl (C=O) groups excluding carboxylic acids is 1. The molecule has 2 rings (SSSR count). The van der Waals surface area contributed by atoms with Crippen molar-refractivity contribution in [2.45, 2.75) is 13.8 Å². The van der Waals surface area contributed by atoms with Gasteiger partial charge >= 0.3 is 6.03 Å². The normalized spacial score (nSPS) is 14.7. The summed E-state index contributed by atoms with van der Waals surface area (Å²) in [5.74, 6) is 0. The van der Waals surface area contributed by atoms with E-state index in [9.17, 15) is 4.79 Å². The minimum atomic E-state index is -0.169. The number of aryl methyl sites for hydroxylation is 2. The first-order valence-corrected chi connectivity index (χ1v) is 5.93. The van der Waals surface area contributed by atoms with Crippen LogP contribution in [0, 0.1) is 13.8 Å². The van der Waals surface area contributed by atoms with Crippen LogP contribution in [0.25, 0.3) is 0 Å². The van der Waals surface area contributed by atoms with Crippen LogP contribution in [0.5, 0.6) is 0 Å². The molecule has 0 bridgehead atoms. The number of para-hydroxylation sites is 1. The van der Waals surface area contributed by atoms with E-state index in [1.165, 1.54) is 0 Å². The van der Waals surface area contributed by atoms with Gasteiger partial charge in [0.1, 0.15) is 0 Å². The summed E-state index contributed by atoms with van der Waals surface area (Å²) in [6.07, 6.45) is 0. The van der Waals surface area contributed by atoms with Crippen LogP contribution < -0.4 is 10.6 Å². The Balaban J connectivity index is 2.16. The molecule has 1 aliphatic rings. The van der Waals surface area contributed by atoms with Gasteiger partial charge in [-0.3, -0.25) is 4.90 Å². The number of urea groups is 1. The second-order valence-corrected chi connectivity index (χ2v) is 4.47. The maximum Gasteiger partial charge on any atom is 0.328 e. The van der Waals surface area contributed by atoms with Crippen LogP contribution in [0.2, 0.25) is 0 Å². The molecule has 1 heterocycles. The van der Waals surface area contributed by atoms with Gasteiger partial charge in [-0.05, 0) is 37.2 Å². The summed E-state index contributed by atoms with van der Waals surface area (Å²) in [6.45, 7) is 5.29. The van der Waals surface area contributed by atoms with Gasteiger partial charge in [-0.1, -0.05) is 18.2 Å². The van der Waals surface area contributed by atoms with Gasteiger partial charge in [-0.15, -0.1) is 0 Å². The van der Waals surface area contributed by atoms with Crippen LogP contribution in [-0.2, 0) is 0 Å². The summed E-state index contributed by atoms with van der Waals surface area (Å²) in [7, 11) is 0. The van der Waals surface area contributed by atoms with Gasteiger partial charge in [0.25, 0.3) is 0 Å². The van der Waals surface area contributed by atoms with E-state index >= 15 is 0 Å². The number of benzene rings is 1. The molecule has 0 unspecified atom stereocenters. The van der Waals surface area contributed by atoms with Crippen molar-refractivity contribution in [1.29, 1.82) is 0 Å². The number of carbonyl (C=O) groups is 1. The second-order valence-electron chi connectivity index (χ2n) is 4.08. The Morgan fingerprint density at radius 2 is 2.06 bits per heavy atom. The number of nitrogens with one attached hydrogen (secondary N) is 2. The quantitative estimate of drug-likeness (QED) is 0.748. The standard InChI is InChI=1S/C12H15N3OS/c1-8-4-3-5-9(2)10(8)14-11(16)15-7-6-13-12(15)17/h3-5H,6-7H2,1-2H3,(H,13,17)(H,14,16). The molecule has 0 saturated carbocycles. The molecule has 2 amide bonds.